The molecular formula is C19H13F2NOS. The lowest BCUT2D eigenvalue weighted by atomic mass is 9.89. The van der Waals surface area contributed by atoms with E-state index in [-0.39, 0.29) is 23.5 Å². The molecule has 1 aliphatic rings. The topological polar surface area (TPSA) is 29.1 Å². The summed E-state index contributed by atoms with van der Waals surface area (Å²) in [6.07, 6.45) is 0.291. The van der Waals surface area contributed by atoms with Crippen molar-refractivity contribution in [3.8, 4) is 11.1 Å². The third-order valence-corrected chi connectivity index (χ3v) is 5.29. The Labute approximate surface area is 141 Å². The van der Waals surface area contributed by atoms with Crippen molar-refractivity contribution in [2.45, 2.75) is 12.3 Å². The minimum atomic E-state index is -0.310. The molecule has 24 heavy (non-hydrogen) atoms. The Balaban J connectivity index is 1.81. The van der Waals surface area contributed by atoms with Gasteiger partial charge in [0.15, 0.2) is 0 Å². The zero-order valence-electron chi connectivity index (χ0n) is 12.6. The molecule has 0 spiro atoms. The van der Waals surface area contributed by atoms with Gasteiger partial charge < -0.3 is 5.32 Å². The second-order valence-electron chi connectivity index (χ2n) is 5.76. The summed E-state index contributed by atoms with van der Waals surface area (Å²) in [5, 5.41) is 4.87. The van der Waals surface area contributed by atoms with E-state index in [1.54, 1.807) is 18.2 Å². The van der Waals surface area contributed by atoms with Crippen molar-refractivity contribution in [3.05, 3.63) is 76.0 Å². The average Bonchev–Trinajstić information content (AvgIpc) is 2.98. The first kappa shape index (κ1) is 15.0. The molecule has 2 aromatic carbocycles. The minimum absolute atomic E-state index is 0.0986. The van der Waals surface area contributed by atoms with Gasteiger partial charge in [-0.1, -0.05) is 24.3 Å². The van der Waals surface area contributed by atoms with Crippen LogP contribution in [-0.4, -0.2) is 5.91 Å². The number of carbonyl (C=O) groups is 1. The van der Waals surface area contributed by atoms with Gasteiger partial charge in [-0.25, -0.2) is 8.78 Å². The number of anilines is 1. The normalized spacial score (nSPS) is 16.6. The molecule has 0 radical (unpaired) electrons. The van der Waals surface area contributed by atoms with Crippen molar-refractivity contribution >= 4 is 22.9 Å². The average molecular weight is 341 g/mol. The van der Waals surface area contributed by atoms with Crippen LogP contribution >= 0.6 is 11.3 Å². The Kier molecular flexibility index (Phi) is 3.65. The fraction of sp³-hybridized carbons (Fsp3) is 0.105. The molecule has 1 amide bonds. The summed E-state index contributed by atoms with van der Waals surface area (Å²) in [4.78, 5) is 13.2. The molecule has 0 saturated heterocycles. The largest absolute Gasteiger partial charge is 0.325 e. The van der Waals surface area contributed by atoms with Crippen LogP contribution in [0.25, 0.3) is 11.1 Å². The third-order valence-electron chi connectivity index (χ3n) is 4.20. The summed E-state index contributed by atoms with van der Waals surface area (Å²) in [5.74, 6) is -0.873. The highest BCUT2D eigenvalue weighted by atomic mass is 32.1. The summed E-state index contributed by atoms with van der Waals surface area (Å²) in [6.45, 7) is 0. The van der Waals surface area contributed by atoms with Gasteiger partial charge >= 0.3 is 0 Å². The van der Waals surface area contributed by atoms with Gasteiger partial charge in [0.25, 0.3) is 0 Å². The summed E-state index contributed by atoms with van der Waals surface area (Å²) in [5.41, 5.74) is 3.24. The molecule has 1 atom stereocenters. The van der Waals surface area contributed by atoms with Gasteiger partial charge in [-0.2, -0.15) is 0 Å². The van der Waals surface area contributed by atoms with E-state index in [1.807, 2.05) is 11.4 Å². The van der Waals surface area contributed by atoms with Crippen LogP contribution in [0.4, 0.5) is 14.5 Å². The number of amides is 1. The fourth-order valence-electron chi connectivity index (χ4n) is 3.06. The lowest BCUT2D eigenvalue weighted by Gasteiger charge is -2.24. The van der Waals surface area contributed by atoms with E-state index in [0.29, 0.717) is 6.42 Å². The Bertz CT molecular complexity index is 917. The van der Waals surface area contributed by atoms with E-state index < -0.39 is 0 Å². The molecule has 4 rings (SSSR count). The van der Waals surface area contributed by atoms with Gasteiger partial charge in [0, 0.05) is 28.2 Å². The van der Waals surface area contributed by atoms with Gasteiger partial charge in [-0.3, -0.25) is 4.79 Å². The highest BCUT2D eigenvalue weighted by molar-refractivity contribution is 7.11. The molecule has 2 heterocycles. The minimum Gasteiger partial charge on any atom is -0.325 e. The zero-order valence-corrected chi connectivity index (χ0v) is 13.4. The van der Waals surface area contributed by atoms with Crippen LogP contribution in [-0.2, 0) is 4.79 Å². The highest BCUT2D eigenvalue weighted by Crippen LogP contribution is 2.46. The predicted octanol–water partition coefficient (Wildman–Crippen LogP) is 5.17. The molecule has 0 unspecified atom stereocenters. The molecule has 0 aliphatic carbocycles. The maximum absolute atomic E-state index is 13.6. The number of benzene rings is 2. The number of nitrogens with one attached hydrogen (secondary N) is 1. The molecule has 3 aromatic rings. The van der Waals surface area contributed by atoms with Crippen molar-refractivity contribution in [2.75, 3.05) is 5.32 Å². The van der Waals surface area contributed by atoms with Crippen molar-refractivity contribution in [3.63, 3.8) is 0 Å². The molecule has 1 aliphatic heterocycles. The van der Waals surface area contributed by atoms with E-state index in [4.69, 9.17) is 0 Å². The number of thiophene rings is 1. The second kappa shape index (κ2) is 5.83. The van der Waals surface area contributed by atoms with Gasteiger partial charge in [0.2, 0.25) is 5.91 Å². The van der Waals surface area contributed by atoms with Crippen LogP contribution < -0.4 is 5.32 Å². The number of hydrogen-bond donors (Lipinski definition) is 1. The Morgan fingerprint density at radius 3 is 2.58 bits per heavy atom. The van der Waals surface area contributed by atoms with Gasteiger partial charge in [-0.05, 0) is 35.4 Å². The maximum atomic E-state index is 13.6. The molecule has 0 bridgehead atoms. The maximum Gasteiger partial charge on any atom is 0.225 e. The molecule has 5 heteroatoms. The number of rotatable bonds is 2. The fourth-order valence-corrected chi connectivity index (χ4v) is 4.22. The third kappa shape index (κ3) is 2.61. The van der Waals surface area contributed by atoms with Crippen LogP contribution in [0.2, 0.25) is 0 Å². The van der Waals surface area contributed by atoms with Crippen LogP contribution in [0.5, 0.6) is 0 Å². The second-order valence-corrected chi connectivity index (χ2v) is 6.67. The Morgan fingerprint density at radius 2 is 1.83 bits per heavy atom. The van der Waals surface area contributed by atoms with Crippen LogP contribution in [0.3, 0.4) is 0 Å². The van der Waals surface area contributed by atoms with Gasteiger partial charge in [-0.15, -0.1) is 11.3 Å². The molecule has 0 fully saturated rings. The van der Waals surface area contributed by atoms with Crippen molar-refractivity contribution in [1.82, 2.24) is 0 Å². The summed E-state index contributed by atoms with van der Waals surface area (Å²) >= 11 is 1.53. The zero-order chi connectivity index (χ0) is 16.7. The molecule has 1 aromatic heterocycles. The molecule has 2 nitrogen and oxygen atoms in total. The number of halogens is 2. The SMILES string of the molecule is O=C1C[C@H](c2cccc(F)c2)c2scc(-c3ccc(F)cc3)c2N1. The van der Waals surface area contributed by atoms with E-state index in [2.05, 4.69) is 5.32 Å². The predicted molar refractivity (Wildman–Crippen MR) is 91.2 cm³/mol. The standard InChI is InChI=1S/C19H13F2NOS/c20-13-6-4-11(5-7-13)16-10-24-19-15(9-17(23)22-18(16)19)12-2-1-3-14(21)8-12/h1-8,10,15H,9H2,(H,22,23)/t15-/m1/s1. The van der Waals surface area contributed by atoms with E-state index in [1.165, 1.54) is 35.6 Å². The van der Waals surface area contributed by atoms with Crippen LogP contribution in [0.15, 0.2) is 53.9 Å². The van der Waals surface area contributed by atoms with Crippen molar-refractivity contribution in [1.29, 1.82) is 0 Å². The first-order valence-corrected chi connectivity index (χ1v) is 8.42. The Hall–Kier alpha value is -2.53. The molecule has 120 valence electrons. The van der Waals surface area contributed by atoms with Crippen molar-refractivity contribution < 1.29 is 13.6 Å². The van der Waals surface area contributed by atoms with Crippen LogP contribution in [0.1, 0.15) is 22.8 Å². The van der Waals surface area contributed by atoms with Gasteiger partial charge in [0.05, 0.1) is 5.69 Å². The smallest absolute Gasteiger partial charge is 0.225 e. The number of hydrogen-bond acceptors (Lipinski definition) is 2. The first-order chi connectivity index (χ1) is 11.6. The van der Waals surface area contributed by atoms with Crippen LogP contribution in [0, 0.1) is 11.6 Å². The summed E-state index contributed by atoms with van der Waals surface area (Å²) in [6, 6.07) is 12.5. The monoisotopic (exact) mass is 341 g/mol. The number of fused-ring (bicyclic) bond motifs is 1. The van der Waals surface area contributed by atoms with E-state index >= 15 is 0 Å². The van der Waals surface area contributed by atoms with Crippen molar-refractivity contribution in [2.24, 2.45) is 0 Å². The highest BCUT2D eigenvalue weighted by Gasteiger charge is 2.30. The van der Waals surface area contributed by atoms with Gasteiger partial charge in [0.1, 0.15) is 11.6 Å². The van der Waals surface area contributed by atoms with E-state index in [0.717, 1.165) is 27.3 Å². The quantitative estimate of drug-likeness (QED) is 0.685. The lowest BCUT2D eigenvalue weighted by Crippen LogP contribution is -2.22. The summed E-state index contributed by atoms with van der Waals surface area (Å²) in [7, 11) is 0. The molecule has 1 N–H and O–H groups in total. The Morgan fingerprint density at radius 1 is 1.04 bits per heavy atom. The van der Waals surface area contributed by atoms with E-state index in [9.17, 15) is 13.6 Å². The molecule has 0 saturated carbocycles. The lowest BCUT2D eigenvalue weighted by molar-refractivity contribution is -0.116. The number of carbonyl (C=O) groups excluding carboxylic acids is 1. The first-order valence-electron chi connectivity index (χ1n) is 7.54. The molecular weight excluding hydrogens is 328 g/mol. The summed E-state index contributed by atoms with van der Waals surface area (Å²) < 4.78 is 26.7.